The lowest BCUT2D eigenvalue weighted by Gasteiger charge is -2.21. The van der Waals surface area contributed by atoms with Crippen LogP contribution in [0.1, 0.15) is 53.6 Å². The Bertz CT molecular complexity index is 1070. The van der Waals surface area contributed by atoms with Crippen LogP contribution in [-0.4, -0.2) is 44.2 Å². The van der Waals surface area contributed by atoms with Gasteiger partial charge in [0.1, 0.15) is 0 Å². The lowest BCUT2D eigenvalue weighted by molar-refractivity contribution is -0.116. The number of aryl methyl sites for hydroxylation is 2. The maximum absolute atomic E-state index is 13.2. The predicted octanol–water partition coefficient (Wildman–Crippen LogP) is 3.63. The summed E-state index contributed by atoms with van der Waals surface area (Å²) in [4.78, 5) is 24.9. The average molecular weight is 458 g/mol. The molecule has 1 saturated heterocycles. The standard InChI is InChI=1S/C24H31N3O4S/c1-18-9-5-6-10-21(18)24(29)25-14-13-23(28)26-20-12-11-19(2)22(17-20)32(30,31)27-15-7-3-4-8-16-27/h5-6,9-12,17H,3-4,7-8,13-16H2,1-2H3,(H,25,29)(H,26,28). The highest BCUT2D eigenvalue weighted by molar-refractivity contribution is 7.89. The summed E-state index contributed by atoms with van der Waals surface area (Å²) in [5.41, 5.74) is 2.53. The molecule has 0 unspecified atom stereocenters. The molecule has 8 heteroatoms. The van der Waals surface area contributed by atoms with Gasteiger partial charge in [-0.25, -0.2) is 8.42 Å². The molecule has 172 valence electrons. The number of sulfonamides is 1. The van der Waals surface area contributed by atoms with Crippen LogP contribution in [-0.2, 0) is 14.8 Å². The molecule has 0 saturated carbocycles. The Kier molecular flexibility index (Phi) is 8.04. The minimum absolute atomic E-state index is 0.0830. The van der Waals surface area contributed by atoms with Crippen molar-refractivity contribution in [1.29, 1.82) is 0 Å². The van der Waals surface area contributed by atoms with Crippen LogP contribution in [0.15, 0.2) is 47.4 Å². The lowest BCUT2D eigenvalue weighted by Crippen LogP contribution is -2.32. The van der Waals surface area contributed by atoms with Crippen molar-refractivity contribution in [3.05, 3.63) is 59.2 Å². The highest BCUT2D eigenvalue weighted by atomic mass is 32.2. The van der Waals surface area contributed by atoms with Gasteiger partial charge >= 0.3 is 0 Å². The first-order valence-corrected chi connectivity index (χ1v) is 12.5. The highest BCUT2D eigenvalue weighted by Crippen LogP contribution is 2.26. The molecule has 0 atom stereocenters. The van der Waals surface area contributed by atoms with Crippen molar-refractivity contribution in [2.24, 2.45) is 0 Å². The summed E-state index contributed by atoms with van der Waals surface area (Å²) in [5, 5.41) is 5.50. The first-order valence-electron chi connectivity index (χ1n) is 11.0. The zero-order valence-electron chi connectivity index (χ0n) is 18.7. The smallest absolute Gasteiger partial charge is 0.251 e. The number of carbonyl (C=O) groups is 2. The van der Waals surface area contributed by atoms with Crippen molar-refractivity contribution in [1.82, 2.24) is 9.62 Å². The summed E-state index contributed by atoms with van der Waals surface area (Å²) >= 11 is 0. The van der Waals surface area contributed by atoms with Gasteiger partial charge in [-0.3, -0.25) is 9.59 Å². The minimum Gasteiger partial charge on any atom is -0.352 e. The van der Waals surface area contributed by atoms with Crippen molar-refractivity contribution >= 4 is 27.5 Å². The predicted molar refractivity (Wildman–Crippen MR) is 125 cm³/mol. The second-order valence-electron chi connectivity index (χ2n) is 8.17. The Balaban J connectivity index is 1.61. The van der Waals surface area contributed by atoms with Crippen LogP contribution < -0.4 is 10.6 Å². The van der Waals surface area contributed by atoms with Gasteiger partial charge in [-0.05, 0) is 56.0 Å². The Labute approximate surface area is 190 Å². The maximum atomic E-state index is 13.2. The molecule has 2 aromatic carbocycles. The maximum Gasteiger partial charge on any atom is 0.251 e. The molecule has 1 heterocycles. The van der Waals surface area contributed by atoms with Gasteiger partial charge in [0.15, 0.2) is 0 Å². The van der Waals surface area contributed by atoms with Crippen LogP contribution in [0, 0.1) is 13.8 Å². The Morgan fingerprint density at radius 3 is 2.31 bits per heavy atom. The van der Waals surface area contributed by atoms with Crippen LogP contribution >= 0.6 is 0 Å². The summed E-state index contributed by atoms with van der Waals surface area (Å²) in [5.74, 6) is -0.519. The monoisotopic (exact) mass is 457 g/mol. The second-order valence-corrected chi connectivity index (χ2v) is 10.1. The summed E-state index contributed by atoms with van der Waals surface area (Å²) in [7, 11) is -3.61. The molecule has 2 aromatic rings. The Morgan fingerprint density at radius 1 is 0.938 bits per heavy atom. The molecule has 2 amide bonds. The fraction of sp³-hybridized carbons (Fsp3) is 0.417. The molecule has 1 aliphatic rings. The molecule has 32 heavy (non-hydrogen) atoms. The van der Waals surface area contributed by atoms with Crippen molar-refractivity contribution in [2.75, 3.05) is 25.0 Å². The molecule has 0 radical (unpaired) electrons. The van der Waals surface area contributed by atoms with E-state index < -0.39 is 10.0 Å². The van der Waals surface area contributed by atoms with E-state index in [0.717, 1.165) is 31.2 Å². The van der Waals surface area contributed by atoms with E-state index in [1.54, 1.807) is 35.5 Å². The number of nitrogens with zero attached hydrogens (tertiary/aromatic N) is 1. The van der Waals surface area contributed by atoms with Crippen LogP contribution in [0.4, 0.5) is 5.69 Å². The number of amides is 2. The van der Waals surface area contributed by atoms with Crippen LogP contribution in [0.5, 0.6) is 0 Å². The Hall–Kier alpha value is -2.71. The molecule has 0 aromatic heterocycles. The summed E-state index contributed by atoms with van der Waals surface area (Å²) in [6.07, 6.45) is 3.90. The number of hydrogen-bond acceptors (Lipinski definition) is 4. The van der Waals surface area contributed by atoms with Crippen molar-refractivity contribution in [2.45, 2.75) is 50.8 Å². The first-order chi connectivity index (χ1) is 15.3. The Morgan fingerprint density at radius 2 is 1.62 bits per heavy atom. The van der Waals surface area contributed by atoms with Gasteiger partial charge in [0.25, 0.3) is 5.91 Å². The largest absolute Gasteiger partial charge is 0.352 e. The summed E-state index contributed by atoms with van der Waals surface area (Å²) in [6, 6.07) is 12.2. The molecule has 2 N–H and O–H groups in total. The van der Waals surface area contributed by atoms with E-state index in [-0.39, 0.29) is 29.7 Å². The van der Waals surface area contributed by atoms with Gasteiger partial charge in [0, 0.05) is 37.3 Å². The number of benzene rings is 2. The zero-order chi connectivity index (χ0) is 23.1. The number of hydrogen-bond donors (Lipinski definition) is 2. The minimum atomic E-state index is -3.61. The third-order valence-electron chi connectivity index (χ3n) is 5.68. The number of anilines is 1. The molecule has 7 nitrogen and oxygen atoms in total. The number of rotatable bonds is 7. The molecular formula is C24H31N3O4S. The van der Waals surface area contributed by atoms with E-state index in [0.29, 0.717) is 29.9 Å². The van der Waals surface area contributed by atoms with E-state index in [1.807, 2.05) is 19.1 Å². The number of carbonyl (C=O) groups excluding carboxylic acids is 2. The SMILES string of the molecule is Cc1ccccc1C(=O)NCCC(=O)Nc1ccc(C)c(S(=O)(=O)N2CCCCCC2)c1. The van der Waals surface area contributed by atoms with Gasteiger partial charge in [-0.15, -0.1) is 0 Å². The van der Waals surface area contributed by atoms with Crippen molar-refractivity contribution in [3.63, 3.8) is 0 Å². The molecule has 1 fully saturated rings. The third kappa shape index (κ3) is 5.95. The van der Waals surface area contributed by atoms with Crippen LogP contribution in [0.2, 0.25) is 0 Å². The van der Waals surface area contributed by atoms with Crippen LogP contribution in [0.25, 0.3) is 0 Å². The number of nitrogens with one attached hydrogen (secondary N) is 2. The molecule has 0 spiro atoms. The third-order valence-corrected chi connectivity index (χ3v) is 7.72. The molecule has 0 bridgehead atoms. The fourth-order valence-electron chi connectivity index (χ4n) is 3.81. The van der Waals surface area contributed by atoms with E-state index in [4.69, 9.17) is 0 Å². The second kappa shape index (κ2) is 10.7. The van der Waals surface area contributed by atoms with Crippen LogP contribution in [0.3, 0.4) is 0 Å². The fourth-order valence-corrected chi connectivity index (χ4v) is 5.58. The van der Waals surface area contributed by atoms with Gasteiger partial charge in [0.05, 0.1) is 4.90 Å². The van der Waals surface area contributed by atoms with Gasteiger partial charge in [-0.1, -0.05) is 37.1 Å². The van der Waals surface area contributed by atoms with E-state index in [2.05, 4.69) is 10.6 Å². The normalized spacial score (nSPS) is 15.1. The first kappa shape index (κ1) is 23.9. The molecule has 0 aliphatic carbocycles. The van der Waals surface area contributed by atoms with Gasteiger partial charge in [0.2, 0.25) is 15.9 Å². The highest BCUT2D eigenvalue weighted by Gasteiger charge is 2.27. The molecule has 1 aliphatic heterocycles. The lowest BCUT2D eigenvalue weighted by atomic mass is 10.1. The molecular weight excluding hydrogens is 426 g/mol. The average Bonchev–Trinajstić information content (AvgIpc) is 3.05. The topological polar surface area (TPSA) is 95.6 Å². The zero-order valence-corrected chi connectivity index (χ0v) is 19.5. The van der Waals surface area contributed by atoms with Crippen molar-refractivity contribution < 1.29 is 18.0 Å². The quantitative estimate of drug-likeness (QED) is 0.664. The molecule has 3 rings (SSSR count). The summed E-state index contributed by atoms with van der Waals surface area (Å²) in [6.45, 7) is 4.86. The van der Waals surface area contributed by atoms with Gasteiger partial charge < -0.3 is 10.6 Å². The van der Waals surface area contributed by atoms with Crippen molar-refractivity contribution in [3.8, 4) is 0 Å². The summed E-state index contributed by atoms with van der Waals surface area (Å²) < 4.78 is 27.9. The van der Waals surface area contributed by atoms with E-state index in [9.17, 15) is 18.0 Å². The van der Waals surface area contributed by atoms with E-state index >= 15 is 0 Å². The van der Waals surface area contributed by atoms with E-state index in [1.165, 1.54) is 6.07 Å². The van der Waals surface area contributed by atoms with Gasteiger partial charge in [-0.2, -0.15) is 4.31 Å².